The molecule has 9 rings (SSSR count). The van der Waals surface area contributed by atoms with Crippen LogP contribution in [-0.2, 0) is 0 Å². The van der Waals surface area contributed by atoms with E-state index in [1.165, 1.54) is 31.1 Å². The Hall–Kier alpha value is -4.61. The Labute approximate surface area is 208 Å². The van der Waals surface area contributed by atoms with E-state index in [-0.39, 0.29) is 0 Å². The highest BCUT2D eigenvalue weighted by Gasteiger charge is 2.21. The number of hydrogen-bond acceptors (Lipinski definition) is 3. The third-order valence-corrected chi connectivity index (χ3v) is 8.52. The van der Waals surface area contributed by atoms with Crippen LogP contribution in [0.3, 0.4) is 0 Å². The van der Waals surface area contributed by atoms with Gasteiger partial charge >= 0.3 is 0 Å². The average molecular weight is 480 g/mol. The van der Waals surface area contributed by atoms with Crippen LogP contribution in [0.15, 0.2) is 108 Å². The van der Waals surface area contributed by atoms with Crippen molar-refractivity contribution in [3.05, 3.63) is 103 Å². The van der Waals surface area contributed by atoms with Crippen molar-refractivity contribution in [3.8, 4) is 5.82 Å². The zero-order chi connectivity index (χ0) is 23.4. The topological polar surface area (TPSA) is 35.4 Å². The van der Waals surface area contributed by atoms with Gasteiger partial charge in [0.05, 0.1) is 26.8 Å². The van der Waals surface area contributed by atoms with Crippen molar-refractivity contribution in [1.29, 1.82) is 0 Å². The lowest BCUT2D eigenvalue weighted by Crippen LogP contribution is -1.96. The van der Waals surface area contributed by atoms with Crippen LogP contribution in [0.25, 0.3) is 75.4 Å². The maximum Gasteiger partial charge on any atom is 0.160 e. The zero-order valence-corrected chi connectivity index (χ0v) is 19.8. The van der Waals surface area contributed by atoms with Gasteiger partial charge in [-0.2, -0.15) is 0 Å². The van der Waals surface area contributed by atoms with Crippen LogP contribution in [0.5, 0.6) is 0 Å². The van der Waals surface area contributed by atoms with Gasteiger partial charge in [0.15, 0.2) is 5.82 Å². The van der Waals surface area contributed by atoms with Crippen molar-refractivity contribution < 1.29 is 4.42 Å². The lowest BCUT2D eigenvalue weighted by Gasteiger charge is -2.04. The average Bonchev–Trinajstić information content (AvgIpc) is 3.67. The van der Waals surface area contributed by atoms with Crippen LogP contribution in [0.1, 0.15) is 0 Å². The minimum atomic E-state index is 0.915. The summed E-state index contributed by atoms with van der Waals surface area (Å²) < 4.78 is 13.2. The van der Waals surface area contributed by atoms with E-state index in [0.29, 0.717) is 0 Å². The van der Waals surface area contributed by atoms with Crippen molar-refractivity contribution in [3.63, 3.8) is 0 Å². The van der Waals surface area contributed by atoms with Gasteiger partial charge in [0, 0.05) is 37.7 Å². The van der Waals surface area contributed by atoms with Gasteiger partial charge < -0.3 is 4.42 Å². The normalized spacial score (nSPS) is 12.4. The minimum Gasteiger partial charge on any atom is -0.456 e. The molecular weight excluding hydrogens is 462 g/mol. The molecule has 0 spiro atoms. The highest BCUT2D eigenvalue weighted by molar-refractivity contribution is 7.26. The minimum absolute atomic E-state index is 0.915. The molecule has 0 amide bonds. The van der Waals surface area contributed by atoms with Crippen molar-refractivity contribution in [2.24, 2.45) is 0 Å². The van der Waals surface area contributed by atoms with E-state index in [1.54, 1.807) is 0 Å². The molecule has 0 unspecified atom stereocenters. The Kier molecular flexibility index (Phi) is 3.39. The highest BCUT2D eigenvalue weighted by Crippen LogP contribution is 2.44. The molecule has 0 saturated heterocycles. The molecule has 0 bridgehead atoms. The van der Waals surface area contributed by atoms with Crippen molar-refractivity contribution in [2.45, 2.75) is 0 Å². The molecule has 0 aliphatic rings. The van der Waals surface area contributed by atoms with Gasteiger partial charge in [-0.05, 0) is 36.4 Å². The Morgan fingerprint density at radius 2 is 1.47 bits per heavy atom. The first-order chi connectivity index (χ1) is 17.8. The summed E-state index contributed by atoms with van der Waals surface area (Å²) in [6, 6.07) is 36.3. The Bertz CT molecular complexity index is 2330. The molecule has 4 aromatic carbocycles. The fourth-order valence-corrected chi connectivity index (χ4v) is 6.93. The number of thiophene rings is 1. The fraction of sp³-hybridized carbons (Fsp3) is 0. The van der Waals surface area contributed by atoms with E-state index < -0.39 is 0 Å². The van der Waals surface area contributed by atoms with Crippen LogP contribution in [0.4, 0.5) is 0 Å². The monoisotopic (exact) mass is 479 g/mol. The van der Waals surface area contributed by atoms with Crippen molar-refractivity contribution in [1.82, 2.24) is 14.2 Å². The van der Waals surface area contributed by atoms with Crippen LogP contribution < -0.4 is 0 Å². The number of rotatable bonds is 1. The van der Waals surface area contributed by atoms with Crippen LogP contribution in [0, 0.1) is 0 Å². The number of fused-ring (bicyclic) bond motifs is 11. The van der Waals surface area contributed by atoms with Gasteiger partial charge in [0.2, 0.25) is 0 Å². The molecule has 0 N–H and O–H groups in total. The first-order valence-corrected chi connectivity index (χ1v) is 12.8. The van der Waals surface area contributed by atoms with Crippen LogP contribution in [-0.4, -0.2) is 14.2 Å². The van der Waals surface area contributed by atoms with Gasteiger partial charge in [-0.15, -0.1) is 16.4 Å². The standard InChI is InChI=1S/C31H17N3OS/c1-4-10-24-18(7-1)13-14-19-15-29(32-34(19)24)33-25-16-22-20-8-2-5-11-26(20)35-27(22)17-23(25)31-30(33)21-9-3-6-12-28(21)36-31/h1-17H. The number of pyridine rings is 1. The van der Waals surface area contributed by atoms with Gasteiger partial charge in [-0.3, -0.25) is 4.57 Å². The summed E-state index contributed by atoms with van der Waals surface area (Å²) in [7, 11) is 0. The van der Waals surface area contributed by atoms with Gasteiger partial charge in [-0.1, -0.05) is 60.7 Å². The van der Waals surface area contributed by atoms with E-state index in [0.717, 1.165) is 44.3 Å². The smallest absolute Gasteiger partial charge is 0.160 e. The number of hydrogen-bond donors (Lipinski definition) is 0. The second-order valence-corrected chi connectivity index (χ2v) is 10.4. The van der Waals surface area contributed by atoms with Gasteiger partial charge in [-0.25, -0.2) is 4.52 Å². The van der Waals surface area contributed by atoms with E-state index in [1.807, 2.05) is 23.5 Å². The molecule has 0 fully saturated rings. The maximum absolute atomic E-state index is 6.27. The summed E-state index contributed by atoms with van der Waals surface area (Å²) in [6.45, 7) is 0. The maximum atomic E-state index is 6.27. The Morgan fingerprint density at radius 1 is 0.639 bits per heavy atom. The lowest BCUT2D eigenvalue weighted by atomic mass is 10.1. The first kappa shape index (κ1) is 18.7. The molecule has 5 heteroatoms. The summed E-state index contributed by atoms with van der Waals surface area (Å²) >= 11 is 1.83. The fourth-order valence-electron chi connectivity index (χ4n) is 5.72. The second kappa shape index (κ2) is 6.53. The summed E-state index contributed by atoms with van der Waals surface area (Å²) in [5.74, 6) is 0.919. The number of para-hydroxylation sites is 2. The zero-order valence-electron chi connectivity index (χ0n) is 19.0. The second-order valence-electron chi connectivity index (χ2n) is 9.31. The number of aromatic nitrogens is 3. The van der Waals surface area contributed by atoms with Gasteiger partial charge in [0.25, 0.3) is 0 Å². The van der Waals surface area contributed by atoms with Gasteiger partial charge in [0.1, 0.15) is 11.2 Å². The first-order valence-electron chi connectivity index (χ1n) is 12.0. The molecule has 4 nitrogen and oxygen atoms in total. The van der Waals surface area contributed by atoms with Crippen LogP contribution >= 0.6 is 11.3 Å². The molecule has 0 aliphatic heterocycles. The molecular formula is C31H17N3OS. The molecule has 9 aromatic rings. The SMILES string of the molecule is c1ccc2c(c1)ccc1cc(-n3c4cc5c(cc4c4sc6ccccc6c43)oc3ccccc35)nn12. The largest absolute Gasteiger partial charge is 0.456 e. The Balaban J connectivity index is 1.49. The number of nitrogens with zero attached hydrogens (tertiary/aromatic N) is 3. The third kappa shape index (κ3) is 2.30. The van der Waals surface area contributed by atoms with E-state index in [4.69, 9.17) is 9.52 Å². The molecule has 0 radical (unpaired) electrons. The molecule has 0 saturated carbocycles. The number of furan rings is 1. The molecule has 0 atom stereocenters. The molecule has 5 heterocycles. The summed E-state index contributed by atoms with van der Waals surface area (Å²) in [4.78, 5) is 0. The molecule has 36 heavy (non-hydrogen) atoms. The number of benzene rings is 4. The predicted molar refractivity (Wildman–Crippen MR) is 150 cm³/mol. The Morgan fingerprint density at radius 3 is 2.44 bits per heavy atom. The molecule has 0 aliphatic carbocycles. The van der Waals surface area contributed by atoms with Crippen molar-refractivity contribution in [2.75, 3.05) is 0 Å². The van der Waals surface area contributed by atoms with Crippen LogP contribution in [0.2, 0.25) is 0 Å². The van der Waals surface area contributed by atoms with Crippen molar-refractivity contribution >= 4 is 80.9 Å². The summed E-state index contributed by atoms with van der Waals surface area (Å²) in [5, 5.41) is 11.0. The molecule has 5 aromatic heterocycles. The lowest BCUT2D eigenvalue weighted by molar-refractivity contribution is 0.669. The predicted octanol–water partition coefficient (Wildman–Crippen LogP) is 8.70. The van der Waals surface area contributed by atoms with E-state index >= 15 is 0 Å². The summed E-state index contributed by atoms with van der Waals surface area (Å²) in [6.07, 6.45) is 0. The van der Waals surface area contributed by atoms with E-state index in [9.17, 15) is 0 Å². The quantitative estimate of drug-likeness (QED) is 0.236. The molecule has 168 valence electrons. The van der Waals surface area contributed by atoms with E-state index in [2.05, 4.69) is 100 Å². The third-order valence-electron chi connectivity index (χ3n) is 7.33. The highest BCUT2D eigenvalue weighted by atomic mass is 32.1. The summed E-state index contributed by atoms with van der Waals surface area (Å²) in [5.41, 5.74) is 6.36.